The van der Waals surface area contributed by atoms with Crippen molar-refractivity contribution in [3.05, 3.63) is 0 Å². The Bertz CT molecular complexity index is 242. The van der Waals surface area contributed by atoms with Crippen LogP contribution in [-0.4, -0.2) is 32.6 Å². The summed E-state index contributed by atoms with van der Waals surface area (Å²) in [6.07, 6.45) is -0.401. The molecule has 0 radical (unpaired) electrons. The van der Waals surface area contributed by atoms with E-state index in [4.69, 9.17) is 11.6 Å². The molecule has 1 aliphatic rings. The quantitative estimate of drug-likeness (QED) is 0.651. The average Bonchev–Trinajstić information content (AvgIpc) is 1.98. The van der Waals surface area contributed by atoms with Crippen molar-refractivity contribution in [3.8, 4) is 0 Å². The summed E-state index contributed by atoms with van der Waals surface area (Å²) in [7, 11) is 0. The molecule has 0 saturated heterocycles. The highest BCUT2D eigenvalue weighted by atomic mass is 35.5. The summed E-state index contributed by atoms with van der Waals surface area (Å²) >= 11 is 6.09. The first kappa shape index (κ1) is 12.0. The molecule has 0 aromatic heterocycles. The number of hydrogen-bond donors (Lipinski definition) is 2. The predicted octanol–water partition coefficient (Wildman–Crippen LogP) is 1.09. The molecule has 3 nitrogen and oxygen atoms in total. The fraction of sp³-hybridized carbons (Fsp3) is 0.900. The van der Waals surface area contributed by atoms with Gasteiger partial charge in [0.2, 0.25) is 0 Å². The SMILES string of the molecule is CC(C)(Cl)[C@H]1CC(=O)[C@](C)(O)[C@H](O)C1. The Morgan fingerprint density at radius 1 is 1.57 bits per heavy atom. The molecule has 0 amide bonds. The van der Waals surface area contributed by atoms with E-state index in [0.717, 1.165) is 0 Å². The van der Waals surface area contributed by atoms with Crippen LogP contribution in [0.3, 0.4) is 0 Å². The van der Waals surface area contributed by atoms with Crippen LogP contribution in [0.2, 0.25) is 0 Å². The number of hydrogen-bond acceptors (Lipinski definition) is 3. The van der Waals surface area contributed by atoms with Gasteiger partial charge in [-0.2, -0.15) is 0 Å². The van der Waals surface area contributed by atoms with Crippen molar-refractivity contribution in [1.29, 1.82) is 0 Å². The van der Waals surface area contributed by atoms with Crippen LogP contribution in [0.5, 0.6) is 0 Å². The number of aliphatic hydroxyl groups excluding tert-OH is 1. The van der Waals surface area contributed by atoms with E-state index in [1.54, 1.807) is 0 Å². The van der Waals surface area contributed by atoms with Crippen molar-refractivity contribution in [2.75, 3.05) is 0 Å². The summed E-state index contributed by atoms with van der Waals surface area (Å²) in [5.74, 6) is -0.401. The van der Waals surface area contributed by atoms with Crippen molar-refractivity contribution in [3.63, 3.8) is 0 Å². The Morgan fingerprint density at radius 3 is 2.43 bits per heavy atom. The van der Waals surface area contributed by atoms with E-state index in [-0.39, 0.29) is 18.1 Å². The molecule has 4 heteroatoms. The van der Waals surface area contributed by atoms with E-state index >= 15 is 0 Å². The number of halogens is 1. The molecule has 3 atom stereocenters. The van der Waals surface area contributed by atoms with Crippen molar-refractivity contribution in [1.82, 2.24) is 0 Å². The Balaban J connectivity index is 2.81. The first-order valence-corrected chi connectivity index (χ1v) is 5.16. The molecule has 82 valence electrons. The van der Waals surface area contributed by atoms with Gasteiger partial charge in [0, 0.05) is 11.3 Å². The van der Waals surface area contributed by atoms with Crippen LogP contribution in [0.15, 0.2) is 0 Å². The van der Waals surface area contributed by atoms with Crippen LogP contribution in [0.1, 0.15) is 33.6 Å². The number of aliphatic hydroxyl groups is 2. The maximum atomic E-state index is 11.5. The van der Waals surface area contributed by atoms with Crippen molar-refractivity contribution >= 4 is 17.4 Å². The summed E-state index contributed by atoms with van der Waals surface area (Å²) in [6.45, 7) is 5.00. The highest BCUT2D eigenvalue weighted by molar-refractivity contribution is 6.23. The van der Waals surface area contributed by atoms with Crippen LogP contribution >= 0.6 is 11.6 Å². The molecule has 0 spiro atoms. The average molecular weight is 221 g/mol. The number of carbonyl (C=O) groups excluding carboxylic acids is 1. The lowest BCUT2D eigenvalue weighted by Gasteiger charge is -2.40. The fourth-order valence-electron chi connectivity index (χ4n) is 1.72. The number of rotatable bonds is 1. The zero-order chi connectivity index (χ0) is 11.1. The van der Waals surface area contributed by atoms with Crippen molar-refractivity contribution in [2.24, 2.45) is 5.92 Å². The lowest BCUT2D eigenvalue weighted by atomic mass is 9.72. The Morgan fingerprint density at radius 2 is 2.07 bits per heavy atom. The zero-order valence-electron chi connectivity index (χ0n) is 8.75. The lowest BCUT2D eigenvalue weighted by Crippen LogP contribution is -2.54. The Hall–Kier alpha value is -0.120. The molecular formula is C10H17ClO3. The second-order valence-corrected chi connectivity index (χ2v) is 5.76. The minimum absolute atomic E-state index is 0.0770. The minimum atomic E-state index is -1.60. The van der Waals surface area contributed by atoms with E-state index in [2.05, 4.69) is 0 Å². The highest BCUT2D eigenvalue weighted by Crippen LogP contribution is 2.38. The number of Topliss-reactive ketones (excluding diaryl/α,β-unsaturated/α-hetero) is 1. The maximum Gasteiger partial charge on any atom is 0.167 e. The first-order chi connectivity index (χ1) is 6.15. The van der Waals surface area contributed by atoms with Gasteiger partial charge in [0.05, 0.1) is 6.10 Å². The van der Waals surface area contributed by atoms with E-state index < -0.39 is 16.6 Å². The molecule has 0 aliphatic heterocycles. The molecule has 0 unspecified atom stereocenters. The summed E-state index contributed by atoms with van der Waals surface area (Å²) in [5, 5.41) is 19.3. The summed E-state index contributed by atoms with van der Waals surface area (Å²) < 4.78 is 0. The van der Waals surface area contributed by atoms with Gasteiger partial charge in [-0.3, -0.25) is 4.79 Å². The molecular weight excluding hydrogens is 204 g/mol. The van der Waals surface area contributed by atoms with Gasteiger partial charge in [-0.05, 0) is 33.1 Å². The van der Waals surface area contributed by atoms with Gasteiger partial charge in [-0.1, -0.05) is 0 Å². The van der Waals surface area contributed by atoms with E-state index in [0.29, 0.717) is 6.42 Å². The summed E-state index contributed by atoms with van der Waals surface area (Å²) in [4.78, 5) is 11.0. The van der Waals surface area contributed by atoms with Gasteiger partial charge < -0.3 is 10.2 Å². The normalized spacial score (nSPS) is 40.0. The topological polar surface area (TPSA) is 57.5 Å². The molecule has 1 saturated carbocycles. The molecule has 1 rings (SSSR count). The molecule has 0 aromatic carbocycles. The van der Waals surface area contributed by atoms with Gasteiger partial charge in [-0.25, -0.2) is 0 Å². The van der Waals surface area contributed by atoms with Crippen LogP contribution in [-0.2, 0) is 4.79 Å². The number of alkyl halides is 1. The van der Waals surface area contributed by atoms with E-state index in [9.17, 15) is 15.0 Å². The third-order valence-corrected chi connectivity index (χ3v) is 3.43. The van der Waals surface area contributed by atoms with Gasteiger partial charge in [-0.15, -0.1) is 11.6 Å². The van der Waals surface area contributed by atoms with E-state index in [1.807, 2.05) is 13.8 Å². The molecule has 0 heterocycles. The second kappa shape index (κ2) is 3.47. The molecule has 2 N–H and O–H groups in total. The van der Waals surface area contributed by atoms with Crippen LogP contribution in [0.25, 0.3) is 0 Å². The Labute approximate surface area is 89.1 Å². The zero-order valence-corrected chi connectivity index (χ0v) is 9.51. The Kier molecular flexibility index (Phi) is 2.96. The molecule has 1 aliphatic carbocycles. The molecule has 0 aromatic rings. The van der Waals surface area contributed by atoms with Crippen molar-refractivity contribution in [2.45, 2.75) is 50.2 Å². The van der Waals surface area contributed by atoms with Crippen LogP contribution < -0.4 is 0 Å². The molecule has 0 bridgehead atoms. The highest BCUT2D eigenvalue weighted by Gasteiger charge is 2.47. The minimum Gasteiger partial charge on any atom is -0.390 e. The fourth-order valence-corrected chi connectivity index (χ4v) is 1.89. The van der Waals surface area contributed by atoms with E-state index in [1.165, 1.54) is 6.92 Å². The van der Waals surface area contributed by atoms with Crippen LogP contribution in [0.4, 0.5) is 0 Å². The summed E-state index contributed by atoms with van der Waals surface area (Å²) in [5.41, 5.74) is -1.60. The molecule has 1 fully saturated rings. The van der Waals surface area contributed by atoms with Gasteiger partial charge in [0.25, 0.3) is 0 Å². The summed E-state index contributed by atoms with van der Waals surface area (Å²) in [6, 6.07) is 0. The van der Waals surface area contributed by atoms with Gasteiger partial charge in [0.15, 0.2) is 5.78 Å². The number of ketones is 1. The maximum absolute atomic E-state index is 11.5. The third-order valence-electron chi connectivity index (χ3n) is 3.12. The third kappa shape index (κ3) is 2.10. The van der Waals surface area contributed by atoms with Crippen LogP contribution in [0, 0.1) is 5.92 Å². The molecule has 14 heavy (non-hydrogen) atoms. The van der Waals surface area contributed by atoms with Gasteiger partial charge >= 0.3 is 0 Å². The smallest absolute Gasteiger partial charge is 0.167 e. The lowest BCUT2D eigenvalue weighted by molar-refractivity contribution is -0.157. The standard InChI is InChI=1S/C10H17ClO3/c1-9(2,11)6-4-7(12)10(3,14)8(13)5-6/h6-7,12,14H,4-5H2,1-3H3/t6-,7-,10-/m1/s1. The second-order valence-electron chi connectivity index (χ2n) is 4.79. The van der Waals surface area contributed by atoms with Crippen molar-refractivity contribution < 1.29 is 15.0 Å². The monoisotopic (exact) mass is 220 g/mol. The predicted molar refractivity (Wildman–Crippen MR) is 54.3 cm³/mol. The van der Waals surface area contributed by atoms with Gasteiger partial charge in [0.1, 0.15) is 5.60 Å². The largest absolute Gasteiger partial charge is 0.390 e. The number of carbonyl (C=O) groups is 1. The first-order valence-electron chi connectivity index (χ1n) is 4.78.